The van der Waals surface area contributed by atoms with Gasteiger partial charge in [-0.1, -0.05) is 12.8 Å². The number of methoxy groups -OCH3 is 1. The third-order valence-electron chi connectivity index (χ3n) is 5.44. The van der Waals surface area contributed by atoms with E-state index in [1.807, 2.05) is 30.3 Å². The van der Waals surface area contributed by atoms with E-state index < -0.39 is 5.91 Å². The molecule has 8 nitrogen and oxygen atoms in total. The molecule has 0 spiro atoms. The van der Waals surface area contributed by atoms with Gasteiger partial charge in [0.1, 0.15) is 12.3 Å². The van der Waals surface area contributed by atoms with E-state index in [9.17, 15) is 9.59 Å². The number of amides is 2. The van der Waals surface area contributed by atoms with Crippen LogP contribution in [0.2, 0.25) is 0 Å². The van der Waals surface area contributed by atoms with Crippen molar-refractivity contribution in [3.63, 3.8) is 0 Å². The summed E-state index contributed by atoms with van der Waals surface area (Å²) in [6.07, 6.45) is 6.83. The molecule has 0 atom stereocenters. The maximum absolute atomic E-state index is 12.6. The Morgan fingerprint density at radius 2 is 1.91 bits per heavy atom. The molecule has 3 N–H and O–H groups in total. The molecule has 2 heterocycles. The first-order valence-corrected chi connectivity index (χ1v) is 11.8. The van der Waals surface area contributed by atoms with E-state index in [2.05, 4.69) is 21.0 Å². The number of aromatic nitrogens is 3. The van der Waals surface area contributed by atoms with Crippen molar-refractivity contribution < 1.29 is 14.3 Å². The molecular formula is C22H25N5O3S2. The molecule has 168 valence electrons. The molecule has 0 unspecified atom stereocenters. The molecule has 3 aromatic rings. The van der Waals surface area contributed by atoms with E-state index in [0.717, 1.165) is 37.0 Å². The van der Waals surface area contributed by atoms with E-state index in [1.165, 1.54) is 34.6 Å². The van der Waals surface area contributed by atoms with E-state index in [1.54, 1.807) is 11.7 Å². The topological polar surface area (TPSA) is 101 Å². The predicted octanol–water partition coefficient (Wildman–Crippen LogP) is 3.80. The Hall–Kier alpha value is -2.98. The predicted molar refractivity (Wildman–Crippen MR) is 125 cm³/mol. The van der Waals surface area contributed by atoms with Gasteiger partial charge in [0.05, 0.1) is 12.0 Å². The number of aromatic amines is 1. The first-order valence-electron chi connectivity index (χ1n) is 10.6. The van der Waals surface area contributed by atoms with E-state index >= 15 is 0 Å². The molecule has 2 aromatic heterocycles. The SMILES string of the molecule is COc1ccc(-c2n[nH]c(=S)n2CC(=O)NNC(=O)c2cc3c(s2)CCCCCC3)cc1. The van der Waals surface area contributed by atoms with Gasteiger partial charge in [-0.2, -0.15) is 5.10 Å². The van der Waals surface area contributed by atoms with Crippen LogP contribution >= 0.6 is 23.6 Å². The zero-order valence-electron chi connectivity index (χ0n) is 17.8. The summed E-state index contributed by atoms with van der Waals surface area (Å²) in [6.45, 7) is -0.0854. The van der Waals surface area contributed by atoms with Gasteiger partial charge >= 0.3 is 0 Å². The van der Waals surface area contributed by atoms with Crippen LogP contribution in [0.3, 0.4) is 0 Å². The van der Waals surface area contributed by atoms with Crippen molar-refractivity contribution in [1.82, 2.24) is 25.6 Å². The highest BCUT2D eigenvalue weighted by atomic mass is 32.1. The average molecular weight is 472 g/mol. The number of aryl methyl sites for hydroxylation is 2. The van der Waals surface area contributed by atoms with Crippen LogP contribution in [0.5, 0.6) is 5.75 Å². The number of thiophene rings is 1. The van der Waals surface area contributed by atoms with E-state index in [0.29, 0.717) is 15.5 Å². The summed E-state index contributed by atoms with van der Waals surface area (Å²) < 4.78 is 7.07. The standard InChI is InChI=1S/C22H25N5O3S2/c1-30-16-10-8-14(9-11-16)20-24-26-22(31)27(20)13-19(28)23-25-21(29)18-12-15-6-4-2-3-5-7-17(15)32-18/h8-12H,2-7,13H2,1H3,(H,23,28)(H,25,29)(H,26,31). The number of benzene rings is 1. The molecular weight excluding hydrogens is 446 g/mol. The van der Waals surface area contributed by atoms with Crippen LogP contribution in [-0.4, -0.2) is 33.7 Å². The zero-order chi connectivity index (χ0) is 22.5. The van der Waals surface area contributed by atoms with Crippen LogP contribution in [0.4, 0.5) is 0 Å². The minimum Gasteiger partial charge on any atom is -0.497 e. The first kappa shape index (κ1) is 22.2. The van der Waals surface area contributed by atoms with Crippen molar-refractivity contribution >= 4 is 35.4 Å². The number of H-pyrrole nitrogens is 1. The second-order valence-corrected chi connectivity index (χ2v) is 9.17. The van der Waals surface area contributed by atoms with Crippen LogP contribution in [0.25, 0.3) is 11.4 Å². The third-order valence-corrected chi connectivity index (χ3v) is 6.99. The summed E-state index contributed by atoms with van der Waals surface area (Å²) in [6, 6.07) is 9.25. The number of hydrazine groups is 1. The maximum Gasteiger partial charge on any atom is 0.279 e. The van der Waals surface area contributed by atoms with Crippen LogP contribution in [0, 0.1) is 4.77 Å². The highest BCUT2D eigenvalue weighted by Gasteiger charge is 2.17. The van der Waals surface area contributed by atoms with Crippen molar-refractivity contribution in [2.45, 2.75) is 45.1 Å². The van der Waals surface area contributed by atoms with Crippen molar-refractivity contribution in [2.75, 3.05) is 7.11 Å². The van der Waals surface area contributed by atoms with Gasteiger partial charge < -0.3 is 4.74 Å². The van der Waals surface area contributed by atoms with Gasteiger partial charge in [-0.05, 0) is 73.8 Å². The van der Waals surface area contributed by atoms with Crippen molar-refractivity contribution in [2.24, 2.45) is 0 Å². The van der Waals surface area contributed by atoms with Crippen LogP contribution in [-0.2, 0) is 24.2 Å². The van der Waals surface area contributed by atoms with Gasteiger partial charge in [0.15, 0.2) is 10.6 Å². The highest BCUT2D eigenvalue weighted by Crippen LogP contribution is 2.28. The number of ether oxygens (including phenoxy) is 1. The lowest BCUT2D eigenvalue weighted by Gasteiger charge is -2.09. The molecule has 0 saturated carbocycles. The summed E-state index contributed by atoms with van der Waals surface area (Å²) in [5.74, 6) is 0.537. The van der Waals surface area contributed by atoms with E-state index in [-0.39, 0.29) is 12.5 Å². The zero-order valence-corrected chi connectivity index (χ0v) is 19.4. The van der Waals surface area contributed by atoms with E-state index in [4.69, 9.17) is 17.0 Å². The summed E-state index contributed by atoms with van der Waals surface area (Å²) in [5, 5.41) is 6.95. The monoisotopic (exact) mass is 471 g/mol. The fourth-order valence-corrected chi connectivity index (χ4v) is 5.10. The quantitative estimate of drug-likeness (QED) is 0.388. The Bertz CT molecular complexity index is 1140. The Labute approximate surface area is 195 Å². The lowest BCUT2D eigenvalue weighted by molar-refractivity contribution is -0.122. The number of hydrogen-bond acceptors (Lipinski definition) is 6. The normalized spacial score (nSPS) is 13.5. The molecule has 1 aliphatic carbocycles. The third kappa shape index (κ3) is 5.08. The Balaban J connectivity index is 1.39. The maximum atomic E-state index is 12.6. The molecule has 4 rings (SSSR count). The summed E-state index contributed by atoms with van der Waals surface area (Å²) in [4.78, 5) is 27.0. The Morgan fingerprint density at radius 1 is 1.16 bits per heavy atom. The molecule has 2 amide bonds. The van der Waals surface area contributed by atoms with Gasteiger partial charge in [-0.3, -0.25) is 30.1 Å². The van der Waals surface area contributed by atoms with Gasteiger partial charge in [-0.15, -0.1) is 11.3 Å². The first-order chi connectivity index (χ1) is 15.5. The largest absolute Gasteiger partial charge is 0.497 e. The lowest BCUT2D eigenvalue weighted by Crippen LogP contribution is -2.43. The number of rotatable bonds is 5. The molecule has 0 aliphatic heterocycles. The number of hydrogen-bond donors (Lipinski definition) is 3. The average Bonchev–Trinajstić information content (AvgIpc) is 3.35. The molecule has 0 saturated heterocycles. The lowest BCUT2D eigenvalue weighted by atomic mass is 10.00. The smallest absolute Gasteiger partial charge is 0.279 e. The van der Waals surface area contributed by atoms with Gasteiger partial charge in [-0.25, -0.2) is 0 Å². The van der Waals surface area contributed by atoms with Crippen LogP contribution in [0.15, 0.2) is 30.3 Å². The van der Waals surface area contributed by atoms with Gasteiger partial charge in [0, 0.05) is 10.4 Å². The van der Waals surface area contributed by atoms with Crippen LogP contribution in [0.1, 0.15) is 45.8 Å². The number of nitrogens with zero attached hydrogens (tertiary/aromatic N) is 2. The van der Waals surface area contributed by atoms with Crippen molar-refractivity contribution in [1.29, 1.82) is 0 Å². The minimum atomic E-state index is -0.402. The fraction of sp³-hybridized carbons (Fsp3) is 0.364. The molecule has 0 bridgehead atoms. The second-order valence-electron chi connectivity index (χ2n) is 7.64. The Kier molecular flexibility index (Phi) is 7.01. The molecule has 32 heavy (non-hydrogen) atoms. The second kappa shape index (κ2) is 10.1. The number of nitrogens with one attached hydrogen (secondary N) is 3. The fourth-order valence-electron chi connectivity index (χ4n) is 3.75. The molecule has 10 heteroatoms. The summed E-state index contributed by atoms with van der Waals surface area (Å²) >= 11 is 6.80. The number of carbonyl (C=O) groups is 2. The van der Waals surface area contributed by atoms with Crippen molar-refractivity contribution in [3.8, 4) is 17.1 Å². The Morgan fingerprint density at radius 3 is 2.66 bits per heavy atom. The number of carbonyl (C=O) groups excluding carboxylic acids is 2. The highest BCUT2D eigenvalue weighted by molar-refractivity contribution is 7.71. The molecule has 1 aromatic carbocycles. The van der Waals surface area contributed by atoms with Gasteiger partial charge in [0.25, 0.3) is 11.8 Å². The molecule has 0 fully saturated rings. The summed E-state index contributed by atoms with van der Waals surface area (Å²) in [5.41, 5.74) is 7.06. The van der Waals surface area contributed by atoms with Crippen LogP contribution < -0.4 is 15.6 Å². The summed E-state index contributed by atoms with van der Waals surface area (Å²) in [7, 11) is 1.60. The van der Waals surface area contributed by atoms with Crippen molar-refractivity contribution in [3.05, 3.63) is 50.4 Å². The molecule has 1 aliphatic rings. The van der Waals surface area contributed by atoms with Gasteiger partial charge in [0.2, 0.25) is 0 Å². The number of fused-ring (bicyclic) bond motifs is 1. The minimum absolute atomic E-state index is 0.0854. The molecule has 0 radical (unpaired) electrons.